The first-order chi connectivity index (χ1) is 10.7. The van der Waals surface area contributed by atoms with Crippen molar-refractivity contribution in [1.82, 2.24) is 15.2 Å². The first-order valence-electron chi connectivity index (χ1n) is 6.70. The van der Waals surface area contributed by atoms with Crippen LogP contribution in [0, 0.1) is 0 Å². The summed E-state index contributed by atoms with van der Waals surface area (Å²) in [5.74, 6) is 0.505. The maximum atomic E-state index is 12.5. The molecule has 0 saturated heterocycles. The fourth-order valence-electron chi connectivity index (χ4n) is 1.95. The second-order valence-corrected chi connectivity index (χ2v) is 4.64. The average molecular weight is 301 g/mol. The third kappa shape index (κ3) is 3.28. The number of alkyl halides is 2. The number of benzene rings is 2. The third-order valence-corrected chi connectivity index (χ3v) is 3.07. The number of aromatic amines is 1. The molecule has 0 saturated carbocycles. The third-order valence-electron chi connectivity index (χ3n) is 3.07. The molecule has 0 spiro atoms. The van der Waals surface area contributed by atoms with Crippen LogP contribution >= 0.6 is 0 Å². The summed E-state index contributed by atoms with van der Waals surface area (Å²) < 4.78 is 30.6. The SMILES string of the molecule is FC(F)c1n[nH]c(-c2ccc(OCc3ccccc3)cc2)n1. The van der Waals surface area contributed by atoms with E-state index in [9.17, 15) is 8.78 Å². The molecule has 0 atom stereocenters. The lowest BCUT2D eigenvalue weighted by Gasteiger charge is -2.06. The van der Waals surface area contributed by atoms with Crippen molar-refractivity contribution in [3.05, 3.63) is 66.0 Å². The average Bonchev–Trinajstić information content (AvgIpc) is 3.05. The highest BCUT2D eigenvalue weighted by Crippen LogP contribution is 2.22. The van der Waals surface area contributed by atoms with Crippen LogP contribution in [0.4, 0.5) is 8.78 Å². The van der Waals surface area contributed by atoms with E-state index in [0.717, 1.165) is 5.56 Å². The Bertz CT molecular complexity index is 727. The van der Waals surface area contributed by atoms with Gasteiger partial charge >= 0.3 is 0 Å². The van der Waals surface area contributed by atoms with Gasteiger partial charge in [-0.15, -0.1) is 0 Å². The molecule has 0 aliphatic heterocycles. The molecule has 0 aliphatic rings. The smallest absolute Gasteiger partial charge is 0.299 e. The summed E-state index contributed by atoms with van der Waals surface area (Å²) in [6.07, 6.45) is -2.68. The van der Waals surface area contributed by atoms with Crippen molar-refractivity contribution in [2.75, 3.05) is 0 Å². The Kier molecular flexibility index (Phi) is 4.09. The Hall–Kier alpha value is -2.76. The van der Waals surface area contributed by atoms with E-state index in [1.54, 1.807) is 24.3 Å². The van der Waals surface area contributed by atoms with E-state index in [4.69, 9.17) is 4.74 Å². The Morgan fingerprint density at radius 1 is 1.00 bits per heavy atom. The van der Waals surface area contributed by atoms with Crippen LogP contribution in [0.25, 0.3) is 11.4 Å². The van der Waals surface area contributed by atoms with Crippen LogP contribution in [-0.4, -0.2) is 15.2 Å². The number of aromatic nitrogens is 3. The molecule has 6 heteroatoms. The van der Waals surface area contributed by atoms with Gasteiger partial charge in [-0.1, -0.05) is 30.3 Å². The Balaban J connectivity index is 1.67. The minimum Gasteiger partial charge on any atom is -0.489 e. The van der Waals surface area contributed by atoms with Crippen LogP contribution in [0.15, 0.2) is 54.6 Å². The first-order valence-corrected chi connectivity index (χ1v) is 6.70. The number of rotatable bonds is 5. The van der Waals surface area contributed by atoms with Gasteiger partial charge in [-0.05, 0) is 29.8 Å². The highest BCUT2D eigenvalue weighted by Gasteiger charge is 2.14. The summed E-state index contributed by atoms with van der Waals surface area (Å²) in [6.45, 7) is 0.470. The fraction of sp³-hybridized carbons (Fsp3) is 0.125. The molecule has 0 unspecified atom stereocenters. The molecular weight excluding hydrogens is 288 g/mol. The molecule has 112 valence electrons. The van der Waals surface area contributed by atoms with Crippen molar-refractivity contribution >= 4 is 0 Å². The zero-order valence-electron chi connectivity index (χ0n) is 11.5. The quantitative estimate of drug-likeness (QED) is 0.775. The van der Waals surface area contributed by atoms with Crippen molar-refractivity contribution in [2.45, 2.75) is 13.0 Å². The summed E-state index contributed by atoms with van der Waals surface area (Å²) in [4.78, 5) is 3.75. The Morgan fingerprint density at radius 3 is 2.36 bits per heavy atom. The molecule has 4 nitrogen and oxygen atoms in total. The highest BCUT2D eigenvalue weighted by molar-refractivity contribution is 5.55. The van der Waals surface area contributed by atoms with Crippen LogP contribution in [0.3, 0.4) is 0 Å². The molecule has 0 radical (unpaired) electrons. The van der Waals surface area contributed by atoms with Gasteiger partial charge in [0.1, 0.15) is 12.4 Å². The van der Waals surface area contributed by atoms with Crippen LogP contribution in [0.1, 0.15) is 17.8 Å². The zero-order chi connectivity index (χ0) is 15.4. The monoisotopic (exact) mass is 301 g/mol. The van der Waals surface area contributed by atoms with Crippen molar-refractivity contribution in [3.63, 3.8) is 0 Å². The van der Waals surface area contributed by atoms with Gasteiger partial charge in [0.25, 0.3) is 6.43 Å². The molecule has 22 heavy (non-hydrogen) atoms. The minimum absolute atomic E-state index is 0.310. The summed E-state index contributed by atoms with van der Waals surface area (Å²) in [5.41, 5.74) is 1.75. The van der Waals surface area contributed by atoms with E-state index in [0.29, 0.717) is 23.7 Å². The van der Waals surface area contributed by atoms with Crippen molar-refractivity contribution < 1.29 is 13.5 Å². The molecule has 1 aromatic heterocycles. The van der Waals surface area contributed by atoms with Crippen molar-refractivity contribution in [2.24, 2.45) is 0 Å². The number of H-pyrrole nitrogens is 1. The second kappa shape index (κ2) is 6.34. The van der Waals surface area contributed by atoms with Gasteiger partial charge < -0.3 is 4.74 Å². The van der Waals surface area contributed by atoms with Crippen molar-refractivity contribution in [1.29, 1.82) is 0 Å². The van der Waals surface area contributed by atoms with Crippen LogP contribution in [0.2, 0.25) is 0 Å². The Morgan fingerprint density at radius 2 is 1.73 bits per heavy atom. The predicted octanol–water partition coefficient (Wildman–Crippen LogP) is 3.99. The van der Waals surface area contributed by atoms with Gasteiger partial charge in [-0.3, -0.25) is 5.10 Å². The van der Waals surface area contributed by atoms with E-state index >= 15 is 0 Å². The molecule has 1 N–H and O–H groups in total. The summed E-state index contributed by atoms with van der Waals surface area (Å²) >= 11 is 0. The lowest BCUT2D eigenvalue weighted by molar-refractivity contribution is 0.141. The van der Waals surface area contributed by atoms with E-state index in [-0.39, 0.29) is 0 Å². The number of nitrogens with one attached hydrogen (secondary N) is 1. The fourth-order valence-corrected chi connectivity index (χ4v) is 1.95. The number of hydrogen-bond acceptors (Lipinski definition) is 3. The van der Waals surface area contributed by atoms with E-state index in [1.165, 1.54) is 0 Å². The second-order valence-electron chi connectivity index (χ2n) is 4.64. The maximum Gasteiger partial charge on any atom is 0.299 e. The van der Waals surface area contributed by atoms with Crippen molar-refractivity contribution in [3.8, 4) is 17.1 Å². The molecule has 3 rings (SSSR count). The van der Waals surface area contributed by atoms with Crippen LogP contribution < -0.4 is 4.74 Å². The van der Waals surface area contributed by atoms with Crippen LogP contribution in [0.5, 0.6) is 5.75 Å². The molecule has 1 heterocycles. The van der Waals surface area contributed by atoms with Gasteiger partial charge in [0.05, 0.1) is 0 Å². The summed E-state index contributed by atoms with van der Waals surface area (Å²) in [7, 11) is 0. The molecular formula is C16H13F2N3O. The maximum absolute atomic E-state index is 12.5. The van der Waals surface area contributed by atoms with E-state index < -0.39 is 12.2 Å². The van der Waals surface area contributed by atoms with E-state index in [2.05, 4.69) is 15.2 Å². The van der Waals surface area contributed by atoms with Gasteiger partial charge in [-0.25, -0.2) is 13.8 Å². The van der Waals surface area contributed by atoms with Gasteiger partial charge in [0.2, 0.25) is 5.82 Å². The normalized spacial score (nSPS) is 10.9. The lowest BCUT2D eigenvalue weighted by atomic mass is 10.2. The molecule has 0 fully saturated rings. The van der Waals surface area contributed by atoms with Gasteiger partial charge in [-0.2, -0.15) is 5.10 Å². The molecule has 3 aromatic rings. The number of halogens is 2. The Labute approximate surface area is 125 Å². The standard InChI is InChI=1S/C16H13F2N3O/c17-14(18)16-19-15(20-21-16)12-6-8-13(9-7-12)22-10-11-4-2-1-3-5-11/h1-9,14H,10H2,(H,19,20,21). The number of ether oxygens (including phenoxy) is 1. The lowest BCUT2D eigenvalue weighted by Crippen LogP contribution is -1.94. The highest BCUT2D eigenvalue weighted by atomic mass is 19.3. The molecule has 2 aromatic carbocycles. The van der Waals surface area contributed by atoms with Crippen LogP contribution in [-0.2, 0) is 6.61 Å². The number of hydrogen-bond donors (Lipinski definition) is 1. The number of nitrogens with zero attached hydrogens (tertiary/aromatic N) is 2. The molecule has 0 bridgehead atoms. The minimum atomic E-state index is -2.68. The first kappa shape index (κ1) is 14.2. The largest absolute Gasteiger partial charge is 0.489 e. The predicted molar refractivity (Wildman–Crippen MR) is 77.5 cm³/mol. The van der Waals surface area contributed by atoms with Gasteiger partial charge in [0.15, 0.2) is 5.82 Å². The van der Waals surface area contributed by atoms with E-state index in [1.807, 2.05) is 30.3 Å². The molecule has 0 aliphatic carbocycles. The molecule has 0 amide bonds. The summed E-state index contributed by atoms with van der Waals surface area (Å²) in [6, 6.07) is 16.8. The van der Waals surface area contributed by atoms with Gasteiger partial charge in [0, 0.05) is 5.56 Å². The summed E-state index contributed by atoms with van der Waals surface area (Å²) in [5, 5.41) is 5.97. The zero-order valence-corrected chi connectivity index (χ0v) is 11.5. The topological polar surface area (TPSA) is 50.8 Å².